The summed E-state index contributed by atoms with van der Waals surface area (Å²) >= 11 is 7.60. The van der Waals surface area contributed by atoms with Crippen molar-refractivity contribution in [2.75, 3.05) is 19.6 Å². The maximum absolute atomic E-state index is 13.3. The summed E-state index contributed by atoms with van der Waals surface area (Å²) in [4.78, 5) is 27.8. The topological polar surface area (TPSA) is 49.4 Å². The number of carbonyl (C=O) groups is 2. The first kappa shape index (κ1) is 20.8. The van der Waals surface area contributed by atoms with Crippen LogP contribution in [0.15, 0.2) is 35.7 Å². The van der Waals surface area contributed by atoms with Crippen molar-refractivity contribution >= 4 is 34.8 Å². The zero-order valence-electron chi connectivity index (χ0n) is 16.0. The van der Waals surface area contributed by atoms with Crippen molar-refractivity contribution in [3.05, 3.63) is 57.0 Å². The van der Waals surface area contributed by atoms with Crippen LogP contribution in [0.1, 0.15) is 41.9 Å². The van der Waals surface area contributed by atoms with Crippen LogP contribution < -0.4 is 5.32 Å². The summed E-state index contributed by atoms with van der Waals surface area (Å²) in [7, 11) is 0. The fourth-order valence-corrected chi connectivity index (χ4v) is 4.63. The van der Waals surface area contributed by atoms with Gasteiger partial charge < -0.3 is 10.2 Å². The van der Waals surface area contributed by atoms with E-state index in [2.05, 4.69) is 5.32 Å². The molecule has 1 N–H and O–H groups in total. The number of hydrogen-bond acceptors (Lipinski definition) is 3. The van der Waals surface area contributed by atoms with Crippen molar-refractivity contribution in [1.29, 1.82) is 0 Å². The number of hydrogen-bond donors (Lipinski definition) is 1. The number of piperidine rings is 1. The number of benzene rings is 1. The number of nitrogens with zero attached hydrogens (tertiary/aromatic N) is 1. The summed E-state index contributed by atoms with van der Waals surface area (Å²) in [6.07, 6.45) is 1.57. The standard InChI is InChI=1S/C21H24ClFN2O2S/c1-21(2,16-8-7-15(23)11-17(16)22)13-24-19(26)14-5-3-9-25(12-14)20(27)18-6-4-10-28-18/h4,6-8,10-11,14H,3,5,9,12-13H2,1-2H3,(H,24,26). The van der Waals surface area contributed by atoms with Crippen LogP contribution in [0.25, 0.3) is 0 Å². The number of likely N-dealkylation sites (tertiary alicyclic amines) is 1. The summed E-state index contributed by atoms with van der Waals surface area (Å²) in [6.45, 7) is 5.41. The summed E-state index contributed by atoms with van der Waals surface area (Å²) in [5, 5.41) is 5.23. The molecule has 1 atom stereocenters. The molecule has 0 aliphatic carbocycles. The summed E-state index contributed by atoms with van der Waals surface area (Å²) in [6, 6.07) is 7.99. The van der Waals surface area contributed by atoms with Gasteiger partial charge in [-0.25, -0.2) is 4.39 Å². The minimum Gasteiger partial charge on any atom is -0.355 e. The molecule has 1 saturated heterocycles. The van der Waals surface area contributed by atoms with Gasteiger partial charge in [0.15, 0.2) is 0 Å². The molecule has 1 aromatic carbocycles. The van der Waals surface area contributed by atoms with E-state index in [0.29, 0.717) is 29.5 Å². The molecule has 0 radical (unpaired) electrons. The third kappa shape index (κ3) is 4.73. The maximum Gasteiger partial charge on any atom is 0.263 e. The average Bonchev–Trinajstić information content (AvgIpc) is 3.20. The van der Waals surface area contributed by atoms with Crippen LogP contribution in [0.3, 0.4) is 0 Å². The van der Waals surface area contributed by atoms with Gasteiger partial charge in [-0.15, -0.1) is 11.3 Å². The van der Waals surface area contributed by atoms with E-state index in [1.165, 1.54) is 23.5 Å². The SMILES string of the molecule is CC(C)(CNC(=O)C1CCCN(C(=O)c2cccs2)C1)c1ccc(F)cc1Cl. The lowest BCUT2D eigenvalue weighted by Crippen LogP contribution is -2.47. The van der Waals surface area contributed by atoms with Crippen molar-refractivity contribution in [3.63, 3.8) is 0 Å². The molecule has 150 valence electrons. The molecule has 1 fully saturated rings. The summed E-state index contributed by atoms with van der Waals surface area (Å²) in [5.74, 6) is -0.677. The summed E-state index contributed by atoms with van der Waals surface area (Å²) < 4.78 is 13.3. The lowest BCUT2D eigenvalue weighted by atomic mass is 9.84. The van der Waals surface area contributed by atoms with E-state index in [0.717, 1.165) is 18.4 Å². The van der Waals surface area contributed by atoms with E-state index in [-0.39, 0.29) is 23.5 Å². The largest absolute Gasteiger partial charge is 0.355 e. The Balaban J connectivity index is 1.60. The van der Waals surface area contributed by atoms with E-state index in [4.69, 9.17) is 11.6 Å². The van der Waals surface area contributed by atoms with Crippen molar-refractivity contribution in [2.24, 2.45) is 5.92 Å². The second-order valence-electron chi connectivity index (χ2n) is 7.79. The molecule has 2 aromatic rings. The molecule has 3 rings (SSSR count). The van der Waals surface area contributed by atoms with E-state index in [9.17, 15) is 14.0 Å². The number of carbonyl (C=O) groups excluding carboxylic acids is 2. The minimum atomic E-state index is -0.443. The Morgan fingerprint density at radius 3 is 2.82 bits per heavy atom. The second-order valence-corrected chi connectivity index (χ2v) is 9.15. The van der Waals surface area contributed by atoms with Crippen LogP contribution in [-0.2, 0) is 10.2 Å². The Hall–Kier alpha value is -1.92. The molecule has 0 bridgehead atoms. The highest BCUT2D eigenvalue weighted by Gasteiger charge is 2.31. The Kier molecular flexibility index (Phi) is 6.40. The van der Waals surface area contributed by atoms with Gasteiger partial charge in [-0.1, -0.05) is 37.6 Å². The number of thiophene rings is 1. The molecule has 28 heavy (non-hydrogen) atoms. The first-order valence-corrected chi connectivity index (χ1v) is 10.6. The highest BCUT2D eigenvalue weighted by Crippen LogP contribution is 2.30. The van der Waals surface area contributed by atoms with Crippen LogP contribution in [0.2, 0.25) is 5.02 Å². The molecule has 0 saturated carbocycles. The smallest absolute Gasteiger partial charge is 0.263 e. The van der Waals surface area contributed by atoms with Crippen molar-refractivity contribution < 1.29 is 14.0 Å². The Morgan fingerprint density at radius 2 is 2.14 bits per heavy atom. The van der Waals surface area contributed by atoms with Gasteiger partial charge in [0.05, 0.1) is 10.8 Å². The lowest BCUT2D eigenvalue weighted by molar-refractivity contribution is -0.126. The van der Waals surface area contributed by atoms with Gasteiger partial charge in [0.2, 0.25) is 5.91 Å². The molecular weight excluding hydrogens is 399 g/mol. The Bertz CT molecular complexity index is 854. The fourth-order valence-electron chi connectivity index (χ4n) is 3.52. The molecule has 2 heterocycles. The molecule has 2 amide bonds. The van der Waals surface area contributed by atoms with Gasteiger partial charge in [-0.05, 0) is 42.0 Å². The minimum absolute atomic E-state index is 0.00840. The van der Waals surface area contributed by atoms with Crippen molar-refractivity contribution in [1.82, 2.24) is 10.2 Å². The van der Waals surface area contributed by atoms with Crippen LogP contribution in [0.4, 0.5) is 4.39 Å². The van der Waals surface area contributed by atoms with Crippen molar-refractivity contribution in [2.45, 2.75) is 32.1 Å². The maximum atomic E-state index is 13.3. The van der Waals surface area contributed by atoms with Gasteiger partial charge in [0.25, 0.3) is 5.91 Å². The number of amides is 2. The lowest BCUT2D eigenvalue weighted by Gasteiger charge is -2.33. The predicted octanol–water partition coefficient (Wildman–Crippen LogP) is 4.49. The number of rotatable bonds is 5. The fraction of sp³-hybridized carbons (Fsp3) is 0.429. The monoisotopic (exact) mass is 422 g/mol. The molecule has 7 heteroatoms. The van der Waals surface area contributed by atoms with Crippen molar-refractivity contribution in [3.8, 4) is 0 Å². The molecule has 0 spiro atoms. The highest BCUT2D eigenvalue weighted by molar-refractivity contribution is 7.12. The summed E-state index contributed by atoms with van der Waals surface area (Å²) in [5.41, 5.74) is 0.343. The quantitative estimate of drug-likeness (QED) is 0.771. The first-order chi connectivity index (χ1) is 13.3. The highest BCUT2D eigenvalue weighted by atomic mass is 35.5. The molecule has 4 nitrogen and oxygen atoms in total. The zero-order valence-corrected chi connectivity index (χ0v) is 17.6. The van der Waals surface area contributed by atoms with Gasteiger partial charge in [-0.2, -0.15) is 0 Å². The number of halogens is 2. The second kappa shape index (κ2) is 8.62. The third-order valence-corrected chi connectivity index (χ3v) is 6.35. The molecule has 1 aliphatic rings. The zero-order chi connectivity index (χ0) is 20.3. The van der Waals surface area contributed by atoms with E-state index in [1.54, 1.807) is 11.0 Å². The number of nitrogens with one attached hydrogen (secondary N) is 1. The molecule has 1 aliphatic heterocycles. The van der Waals surface area contributed by atoms with E-state index in [1.807, 2.05) is 31.4 Å². The Morgan fingerprint density at radius 1 is 1.36 bits per heavy atom. The third-order valence-electron chi connectivity index (χ3n) is 5.18. The van der Waals surface area contributed by atoms with E-state index >= 15 is 0 Å². The van der Waals surface area contributed by atoms with Crippen LogP contribution in [0, 0.1) is 11.7 Å². The predicted molar refractivity (Wildman–Crippen MR) is 110 cm³/mol. The van der Waals surface area contributed by atoms with Crippen LogP contribution in [-0.4, -0.2) is 36.3 Å². The first-order valence-electron chi connectivity index (χ1n) is 9.34. The normalized spacial score (nSPS) is 17.4. The molecular formula is C21H24ClFN2O2S. The average molecular weight is 423 g/mol. The van der Waals surface area contributed by atoms with Crippen LogP contribution >= 0.6 is 22.9 Å². The van der Waals surface area contributed by atoms with Gasteiger partial charge in [0, 0.05) is 30.1 Å². The Labute approximate surface area is 173 Å². The molecule has 1 aromatic heterocycles. The van der Waals surface area contributed by atoms with Gasteiger partial charge in [-0.3, -0.25) is 9.59 Å². The molecule has 1 unspecified atom stereocenters. The van der Waals surface area contributed by atoms with Gasteiger partial charge in [0.1, 0.15) is 5.82 Å². The van der Waals surface area contributed by atoms with E-state index < -0.39 is 5.41 Å². The van der Waals surface area contributed by atoms with Gasteiger partial charge >= 0.3 is 0 Å². The van der Waals surface area contributed by atoms with Crippen LogP contribution in [0.5, 0.6) is 0 Å².